The van der Waals surface area contributed by atoms with E-state index in [1.165, 1.54) is 19.0 Å². The number of unbranched alkanes of at least 4 members (excludes halogenated alkanes) is 1. The molecule has 0 saturated heterocycles. The maximum atomic E-state index is 10.5. The summed E-state index contributed by atoms with van der Waals surface area (Å²) in [5.74, 6) is 0. The average Bonchev–Trinajstić information content (AvgIpc) is 2.06. The van der Waals surface area contributed by atoms with Gasteiger partial charge in [0.2, 0.25) is 0 Å². The van der Waals surface area contributed by atoms with Gasteiger partial charge in [0.1, 0.15) is 0 Å². The summed E-state index contributed by atoms with van der Waals surface area (Å²) in [6.07, 6.45) is 3.94. The van der Waals surface area contributed by atoms with E-state index >= 15 is 0 Å². The summed E-state index contributed by atoms with van der Waals surface area (Å²) in [5.41, 5.74) is 0. The normalized spacial score (nSPS) is 10.6. The molecule has 14 heavy (non-hydrogen) atoms. The number of hydrogen-bond acceptors (Lipinski definition) is 3. The maximum Gasteiger partial charge on any atom is 0.472 e. The van der Waals surface area contributed by atoms with Crippen molar-refractivity contribution in [2.45, 2.75) is 33.6 Å². The van der Waals surface area contributed by atoms with Crippen LogP contribution >= 0.6 is 17.1 Å². The Morgan fingerprint density at radius 3 is 1.79 bits per heavy atom. The van der Waals surface area contributed by atoms with Crippen molar-refractivity contribution in [1.29, 1.82) is 0 Å². The molecule has 0 spiro atoms. The van der Waals surface area contributed by atoms with E-state index in [4.69, 9.17) is 4.89 Å². The van der Waals surface area contributed by atoms with Gasteiger partial charge in [0, 0.05) is 0 Å². The van der Waals surface area contributed by atoms with Crippen LogP contribution in [0.1, 0.15) is 33.6 Å². The van der Waals surface area contributed by atoms with Crippen LogP contribution in [0.3, 0.4) is 0 Å². The van der Waals surface area contributed by atoms with E-state index in [9.17, 15) is 4.57 Å². The van der Waals surface area contributed by atoms with Crippen molar-refractivity contribution in [3.63, 3.8) is 0 Å². The summed E-state index contributed by atoms with van der Waals surface area (Å²) in [6, 6.07) is 0. The number of hydrogen-bond donors (Lipinski definition) is 1. The molecule has 0 fully saturated rings. The van der Waals surface area contributed by atoms with Gasteiger partial charge in [-0.25, -0.2) is 4.57 Å². The van der Waals surface area contributed by atoms with E-state index in [2.05, 4.69) is 25.2 Å². The van der Waals surface area contributed by atoms with Gasteiger partial charge in [0.25, 0.3) is 0 Å². The number of phosphoric acid groups is 1. The minimum Gasteiger partial charge on any atom is -0.302 e. The van der Waals surface area contributed by atoms with Gasteiger partial charge in [0.15, 0.2) is 0 Å². The molecule has 0 aromatic rings. The van der Waals surface area contributed by atoms with Crippen LogP contribution in [0.15, 0.2) is 0 Å². The molecule has 0 aliphatic carbocycles. The van der Waals surface area contributed by atoms with E-state index in [0.29, 0.717) is 0 Å². The highest BCUT2D eigenvalue weighted by molar-refractivity contribution is 7.47. The quantitative estimate of drug-likeness (QED) is 0.730. The van der Waals surface area contributed by atoms with E-state index in [-0.39, 0.29) is 13.2 Å². The largest absolute Gasteiger partial charge is 0.472 e. The molecule has 1 N–H and O–H groups in total. The third-order valence-corrected chi connectivity index (χ3v) is 2.72. The van der Waals surface area contributed by atoms with Crippen molar-refractivity contribution in [2.75, 3.05) is 19.4 Å². The first-order valence-corrected chi connectivity index (χ1v) is 7.17. The Labute approximate surface area is 89.2 Å². The molecule has 1 unspecified atom stereocenters. The first-order valence-electron chi connectivity index (χ1n) is 4.85. The molecule has 1 atom stereocenters. The van der Waals surface area contributed by atoms with Crippen LogP contribution in [-0.4, -0.2) is 24.3 Å². The van der Waals surface area contributed by atoms with Gasteiger partial charge >= 0.3 is 7.82 Å². The van der Waals surface area contributed by atoms with Gasteiger partial charge in [-0.3, -0.25) is 9.05 Å². The molecule has 0 bridgehead atoms. The molecule has 88 valence electrons. The second-order valence-corrected chi connectivity index (χ2v) is 4.48. The van der Waals surface area contributed by atoms with Gasteiger partial charge in [-0.1, -0.05) is 19.8 Å². The second kappa shape index (κ2) is 11.6. The molecule has 0 aromatic heterocycles. The summed E-state index contributed by atoms with van der Waals surface area (Å²) in [4.78, 5) is 8.63. The molecule has 0 aliphatic rings. The van der Waals surface area contributed by atoms with Gasteiger partial charge in [-0.15, -0.1) is 9.24 Å². The molecule has 0 rings (SSSR count). The first kappa shape index (κ1) is 17.0. The summed E-state index contributed by atoms with van der Waals surface area (Å²) in [5, 5.41) is 0. The highest BCUT2D eigenvalue weighted by Gasteiger charge is 2.17. The Morgan fingerprint density at radius 1 is 1.21 bits per heavy atom. The number of rotatable bonds is 6. The predicted molar refractivity (Wildman–Crippen MR) is 62.6 cm³/mol. The molecule has 6 heteroatoms. The van der Waals surface area contributed by atoms with Crippen LogP contribution in [0.25, 0.3) is 0 Å². The summed E-state index contributed by atoms with van der Waals surface area (Å²) in [7, 11) is -0.993. The SMILES string of the molecule is CCCCP.CCOP(=O)(O)OCC. The smallest absolute Gasteiger partial charge is 0.302 e. The lowest BCUT2D eigenvalue weighted by molar-refractivity contribution is 0.161. The predicted octanol–water partition coefficient (Wildman–Crippen LogP) is 2.82. The van der Waals surface area contributed by atoms with E-state index in [1.54, 1.807) is 13.8 Å². The molecular weight excluding hydrogens is 222 g/mol. The summed E-state index contributed by atoms with van der Waals surface area (Å²) >= 11 is 0. The Morgan fingerprint density at radius 2 is 1.64 bits per heavy atom. The van der Waals surface area contributed by atoms with Crippen molar-refractivity contribution >= 4 is 17.1 Å². The fourth-order valence-corrected chi connectivity index (χ4v) is 1.70. The zero-order valence-electron chi connectivity index (χ0n) is 9.23. The Kier molecular flexibility index (Phi) is 14.1. The lowest BCUT2D eigenvalue weighted by Gasteiger charge is -2.07. The number of phosphoric ester groups is 1. The van der Waals surface area contributed by atoms with E-state index < -0.39 is 7.82 Å². The third-order valence-electron chi connectivity index (χ3n) is 1.14. The molecule has 0 saturated carbocycles. The van der Waals surface area contributed by atoms with Crippen LogP contribution in [-0.2, 0) is 13.6 Å². The minimum atomic E-state index is -3.69. The van der Waals surface area contributed by atoms with E-state index in [1.807, 2.05) is 0 Å². The van der Waals surface area contributed by atoms with Gasteiger partial charge in [0.05, 0.1) is 13.2 Å². The molecule has 0 radical (unpaired) electrons. The molecular formula is C8H22O4P2. The monoisotopic (exact) mass is 244 g/mol. The van der Waals surface area contributed by atoms with Gasteiger partial charge in [-0.2, -0.15) is 0 Å². The summed E-state index contributed by atoms with van der Waals surface area (Å²) in [6.45, 7) is 5.83. The Hall–Kier alpha value is 0.540. The third kappa shape index (κ3) is 15.0. The standard InChI is InChI=1S/C4H11O4P.C4H11P/c1-3-7-9(5,6)8-4-2;1-2-3-4-5/h3-4H2,1-2H3,(H,5,6);2-5H2,1H3. The highest BCUT2D eigenvalue weighted by Crippen LogP contribution is 2.42. The Balaban J connectivity index is 0. The second-order valence-electron chi connectivity index (χ2n) is 2.45. The molecule has 0 heterocycles. The van der Waals surface area contributed by atoms with Crippen LogP contribution in [0.4, 0.5) is 0 Å². The van der Waals surface area contributed by atoms with Crippen LogP contribution in [0, 0.1) is 0 Å². The van der Waals surface area contributed by atoms with Gasteiger partial charge in [-0.05, 0) is 20.0 Å². The lowest BCUT2D eigenvalue weighted by atomic mass is 10.4. The minimum absolute atomic E-state index is 0.188. The van der Waals surface area contributed by atoms with E-state index in [0.717, 1.165) is 0 Å². The van der Waals surface area contributed by atoms with Crippen molar-refractivity contribution < 1.29 is 18.5 Å². The zero-order valence-corrected chi connectivity index (χ0v) is 11.3. The molecule has 0 aromatic carbocycles. The first-order chi connectivity index (χ1) is 6.54. The van der Waals surface area contributed by atoms with Gasteiger partial charge < -0.3 is 4.89 Å². The molecule has 4 nitrogen and oxygen atoms in total. The van der Waals surface area contributed by atoms with Crippen LogP contribution < -0.4 is 0 Å². The van der Waals surface area contributed by atoms with Crippen molar-refractivity contribution in [3.8, 4) is 0 Å². The topological polar surface area (TPSA) is 55.8 Å². The highest BCUT2D eigenvalue weighted by atomic mass is 31.2. The summed E-state index contributed by atoms with van der Waals surface area (Å²) < 4.78 is 19.2. The average molecular weight is 244 g/mol. The van der Waals surface area contributed by atoms with Crippen molar-refractivity contribution in [2.24, 2.45) is 0 Å². The van der Waals surface area contributed by atoms with Crippen LogP contribution in [0.2, 0.25) is 0 Å². The van der Waals surface area contributed by atoms with Crippen molar-refractivity contribution in [3.05, 3.63) is 0 Å². The van der Waals surface area contributed by atoms with Crippen LogP contribution in [0.5, 0.6) is 0 Å². The zero-order chi connectivity index (χ0) is 11.4. The lowest BCUT2D eigenvalue weighted by Crippen LogP contribution is -1.93. The molecule has 0 aliphatic heterocycles. The fourth-order valence-electron chi connectivity index (χ4n) is 0.568. The maximum absolute atomic E-state index is 10.5. The molecule has 0 amide bonds. The fraction of sp³-hybridized carbons (Fsp3) is 1.00. The van der Waals surface area contributed by atoms with Crippen molar-refractivity contribution in [1.82, 2.24) is 0 Å². The Bertz CT molecular complexity index is 140.